The Morgan fingerprint density at radius 3 is 2.82 bits per heavy atom. The van der Waals surface area contributed by atoms with Crippen molar-refractivity contribution in [1.29, 1.82) is 0 Å². The van der Waals surface area contributed by atoms with E-state index in [-0.39, 0.29) is 11.9 Å². The molecule has 0 spiro atoms. The van der Waals surface area contributed by atoms with E-state index in [1.165, 1.54) is 23.4 Å². The maximum Gasteiger partial charge on any atom is 0.136 e. The third-order valence-electron chi connectivity index (χ3n) is 2.37. The SMILES string of the molecule is NC(CSc1ccccc1F)Cc1ccsc1. The van der Waals surface area contributed by atoms with Crippen molar-refractivity contribution in [3.63, 3.8) is 0 Å². The molecule has 1 nitrogen and oxygen atoms in total. The van der Waals surface area contributed by atoms with Crippen LogP contribution in [0, 0.1) is 5.82 Å². The molecule has 1 aromatic heterocycles. The van der Waals surface area contributed by atoms with Gasteiger partial charge in [0.1, 0.15) is 5.82 Å². The average molecular weight is 267 g/mol. The zero-order chi connectivity index (χ0) is 12.1. The van der Waals surface area contributed by atoms with Gasteiger partial charge in [0.15, 0.2) is 0 Å². The van der Waals surface area contributed by atoms with Crippen LogP contribution in [-0.4, -0.2) is 11.8 Å². The number of hydrogen-bond acceptors (Lipinski definition) is 3. The second-order valence-electron chi connectivity index (χ2n) is 3.84. The van der Waals surface area contributed by atoms with Crippen LogP contribution in [0.25, 0.3) is 0 Å². The molecule has 17 heavy (non-hydrogen) atoms. The molecule has 90 valence electrons. The van der Waals surface area contributed by atoms with E-state index in [0.29, 0.717) is 4.90 Å². The quantitative estimate of drug-likeness (QED) is 0.838. The molecule has 0 radical (unpaired) electrons. The minimum atomic E-state index is -0.166. The molecular weight excluding hydrogens is 253 g/mol. The summed E-state index contributed by atoms with van der Waals surface area (Å²) < 4.78 is 13.4. The van der Waals surface area contributed by atoms with Gasteiger partial charge in [0.25, 0.3) is 0 Å². The van der Waals surface area contributed by atoms with E-state index in [0.717, 1.165) is 12.2 Å². The van der Waals surface area contributed by atoms with Crippen LogP contribution < -0.4 is 5.73 Å². The number of thiophene rings is 1. The molecule has 1 heterocycles. The zero-order valence-electron chi connectivity index (χ0n) is 9.30. The van der Waals surface area contributed by atoms with Gasteiger partial charge in [0.2, 0.25) is 0 Å². The molecule has 1 aromatic carbocycles. The Bertz CT molecular complexity index is 456. The number of hydrogen-bond donors (Lipinski definition) is 1. The van der Waals surface area contributed by atoms with Gasteiger partial charge in [-0.1, -0.05) is 12.1 Å². The smallest absolute Gasteiger partial charge is 0.136 e. The highest BCUT2D eigenvalue weighted by atomic mass is 32.2. The fourth-order valence-electron chi connectivity index (χ4n) is 1.53. The monoisotopic (exact) mass is 267 g/mol. The molecule has 0 aliphatic heterocycles. The lowest BCUT2D eigenvalue weighted by Crippen LogP contribution is -2.25. The Hall–Kier alpha value is -0.840. The molecule has 0 fully saturated rings. The molecule has 0 aliphatic carbocycles. The minimum Gasteiger partial charge on any atom is -0.327 e. The van der Waals surface area contributed by atoms with Gasteiger partial charge in [-0.05, 0) is 40.9 Å². The third-order valence-corrected chi connectivity index (χ3v) is 4.34. The fraction of sp³-hybridized carbons (Fsp3) is 0.231. The molecular formula is C13H14FNS2. The normalized spacial score (nSPS) is 12.6. The summed E-state index contributed by atoms with van der Waals surface area (Å²) in [5.41, 5.74) is 7.28. The van der Waals surface area contributed by atoms with Crippen LogP contribution in [-0.2, 0) is 6.42 Å². The summed E-state index contributed by atoms with van der Waals surface area (Å²) >= 11 is 3.16. The highest BCUT2D eigenvalue weighted by molar-refractivity contribution is 7.99. The van der Waals surface area contributed by atoms with Crippen molar-refractivity contribution in [3.8, 4) is 0 Å². The third kappa shape index (κ3) is 3.84. The average Bonchev–Trinajstić information content (AvgIpc) is 2.81. The lowest BCUT2D eigenvalue weighted by atomic mass is 10.1. The number of nitrogens with two attached hydrogens (primary N) is 1. The largest absolute Gasteiger partial charge is 0.327 e. The van der Waals surface area contributed by atoms with Crippen molar-refractivity contribution in [2.75, 3.05) is 5.75 Å². The van der Waals surface area contributed by atoms with Gasteiger partial charge in [0.05, 0.1) is 0 Å². The number of halogens is 1. The van der Waals surface area contributed by atoms with E-state index in [1.54, 1.807) is 23.5 Å². The van der Waals surface area contributed by atoms with Crippen molar-refractivity contribution >= 4 is 23.1 Å². The summed E-state index contributed by atoms with van der Waals surface area (Å²) in [6.07, 6.45) is 0.852. The van der Waals surface area contributed by atoms with Crippen LogP contribution in [0.15, 0.2) is 46.0 Å². The van der Waals surface area contributed by atoms with E-state index in [2.05, 4.69) is 11.4 Å². The number of rotatable bonds is 5. The molecule has 1 atom stereocenters. The molecule has 0 amide bonds. The topological polar surface area (TPSA) is 26.0 Å². The highest BCUT2D eigenvalue weighted by Crippen LogP contribution is 2.22. The van der Waals surface area contributed by atoms with Crippen molar-refractivity contribution in [3.05, 3.63) is 52.5 Å². The van der Waals surface area contributed by atoms with Crippen LogP contribution in [0.5, 0.6) is 0 Å². The lowest BCUT2D eigenvalue weighted by molar-refractivity contribution is 0.601. The molecule has 0 saturated carbocycles. The molecule has 4 heteroatoms. The maximum absolute atomic E-state index is 13.4. The highest BCUT2D eigenvalue weighted by Gasteiger charge is 2.07. The maximum atomic E-state index is 13.4. The molecule has 0 saturated heterocycles. The first-order valence-electron chi connectivity index (χ1n) is 5.39. The molecule has 2 rings (SSSR count). The van der Waals surface area contributed by atoms with Crippen LogP contribution in [0.2, 0.25) is 0 Å². The van der Waals surface area contributed by atoms with Gasteiger partial charge < -0.3 is 5.73 Å². The summed E-state index contributed by atoms with van der Waals surface area (Å²) in [5, 5.41) is 4.15. The summed E-state index contributed by atoms with van der Waals surface area (Å²) in [6.45, 7) is 0. The second kappa shape index (κ2) is 6.19. The second-order valence-corrected chi connectivity index (χ2v) is 5.68. The fourth-order valence-corrected chi connectivity index (χ4v) is 3.10. The Morgan fingerprint density at radius 1 is 1.29 bits per heavy atom. The van der Waals surface area contributed by atoms with Crippen molar-refractivity contribution < 1.29 is 4.39 Å². The molecule has 1 unspecified atom stereocenters. The van der Waals surface area contributed by atoms with E-state index < -0.39 is 0 Å². The van der Waals surface area contributed by atoms with E-state index in [9.17, 15) is 4.39 Å². The predicted octanol–water partition coefficient (Wildman–Crippen LogP) is 3.55. The Labute approximate surface area is 109 Å². The standard InChI is InChI=1S/C13H14FNS2/c14-12-3-1-2-4-13(12)17-9-11(15)7-10-5-6-16-8-10/h1-6,8,11H,7,9,15H2. The summed E-state index contributed by atoms with van der Waals surface area (Å²) in [7, 11) is 0. The summed E-state index contributed by atoms with van der Waals surface area (Å²) in [4.78, 5) is 0.674. The van der Waals surface area contributed by atoms with E-state index in [4.69, 9.17) is 5.73 Å². The van der Waals surface area contributed by atoms with Gasteiger partial charge in [-0.15, -0.1) is 11.8 Å². The molecule has 2 aromatic rings. The van der Waals surface area contributed by atoms with Crippen molar-refractivity contribution in [2.45, 2.75) is 17.4 Å². The van der Waals surface area contributed by atoms with Crippen LogP contribution in [0.4, 0.5) is 4.39 Å². The van der Waals surface area contributed by atoms with E-state index >= 15 is 0 Å². The first-order valence-corrected chi connectivity index (χ1v) is 7.32. The number of benzene rings is 1. The van der Waals surface area contributed by atoms with Crippen LogP contribution in [0.1, 0.15) is 5.56 Å². The summed E-state index contributed by atoms with van der Waals surface area (Å²) in [5.74, 6) is 0.566. The van der Waals surface area contributed by atoms with Gasteiger partial charge >= 0.3 is 0 Å². The van der Waals surface area contributed by atoms with E-state index in [1.807, 2.05) is 11.4 Å². The van der Waals surface area contributed by atoms with Gasteiger partial charge in [-0.3, -0.25) is 0 Å². The van der Waals surface area contributed by atoms with Crippen LogP contribution in [0.3, 0.4) is 0 Å². The predicted molar refractivity (Wildman–Crippen MR) is 73.1 cm³/mol. The van der Waals surface area contributed by atoms with Crippen LogP contribution >= 0.6 is 23.1 Å². The first kappa shape index (κ1) is 12.6. The molecule has 2 N–H and O–H groups in total. The Balaban J connectivity index is 1.84. The molecule has 0 aliphatic rings. The number of thioether (sulfide) groups is 1. The van der Waals surface area contributed by atoms with Gasteiger partial charge in [-0.25, -0.2) is 4.39 Å². The molecule has 0 bridgehead atoms. The summed E-state index contributed by atoms with van der Waals surface area (Å²) in [6, 6.07) is 8.96. The zero-order valence-corrected chi connectivity index (χ0v) is 10.9. The first-order chi connectivity index (χ1) is 8.25. The van der Waals surface area contributed by atoms with Crippen molar-refractivity contribution in [2.24, 2.45) is 5.73 Å². The van der Waals surface area contributed by atoms with Gasteiger partial charge in [0, 0.05) is 16.7 Å². The van der Waals surface area contributed by atoms with Gasteiger partial charge in [-0.2, -0.15) is 11.3 Å². The lowest BCUT2D eigenvalue weighted by Gasteiger charge is -2.10. The Kier molecular flexibility index (Phi) is 4.59. The minimum absolute atomic E-state index is 0.0641. The Morgan fingerprint density at radius 2 is 2.12 bits per heavy atom. The van der Waals surface area contributed by atoms with Crippen molar-refractivity contribution in [1.82, 2.24) is 0 Å².